The van der Waals surface area contributed by atoms with Crippen molar-refractivity contribution in [2.24, 2.45) is 0 Å². The van der Waals surface area contributed by atoms with E-state index in [1.807, 2.05) is 0 Å². The number of nitrogens with zero attached hydrogens (tertiary/aromatic N) is 1. The van der Waals surface area contributed by atoms with Crippen molar-refractivity contribution in [3.8, 4) is 0 Å². The molecule has 0 N–H and O–H groups in total. The van der Waals surface area contributed by atoms with Gasteiger partial charge in [0, 0.05) is 13.0 Å². The third-order valence-electron chi connectivity index (χ3n) is 3.30. The number of hydrogen-bond acceptors (Lipinski definition) is 4. The quantitative estimate of drug-likeness (QED) is 0.783. The van der Waals surface area contributed by atoms with Crippen LogP contribution in [0.1, 0.15) is 23.4 Å². The van der Waals surface area contributed by atoms with Crippen molar-refractivity contribution in [1.29, 1.82) is 0 Å². The summed E-state index contributed by atoms with van der Waals surface area (Å²) in [5.74, 6) is -0.514. The van der Waals surface area contributed by atoms with Crippen LogP contribution in [0.15, 0.2) is 16.5 Å². The van der Waals surface area contributed by atoms with Crippen LogP contribution in [0.3, 0.4) is 0 Å². The number of furan rings is 1. The summed E-state index contributed by atoms with van der Waals surface area (Å²) in [6, 6.07) is 3.15. The summed E-state index contributed by atoms with van der Waals surface area (Å²) in [6.07, 6.45) is 1.69. The lowest BCUT2D eigenvalue weighted by atomic mass is 10.0. The number of hydrogen-bond donors (Lipinski definition) is 0. The van der Waals surface area contributed by atoms with Gasteiger partial charge in [0.05, 0.1) is 19.8 Å². The fraction of sp³-hybridized carbons (Fsp3) is 0.583. The highest BCUT2D eigenvalue weighted by molar-refractivity contribution is 6.29. The highest BCUT2D eigenvalue weighted by Gasteiger charge is 2.42. The first-order valence-corrected chi connectivity index (χ1v) is 6.39. The Kier molecular flexibility index (Phi) is 3.05. The van der Waals surface area contributed by atoms with Gasteiger partial charge in [-0.3, -0.25) is 4.79 Å². The second-order valence-corrected chi connectivity index (χ2v) is 4.91. The summed E-state index contributed by atoms with van der Waals surface area (Å²) in [5, 5.41) is 0.221. The van der Waals surface area contributed by atoms with Gasteiger partial charge in [-0.1, -0.05) is 0 Å². The van der Waals surface area contributed by atoms with Crippen molar-refractivity contribution in [3.63, 3.8) is 0 Å². The molecule has 3 heterocycles. The zero-order valence-corrected chi connectivity index (χ0v) is 10.6. The van der Waals surface area contributed by atoms with E-state index in [2.05, 4.69) is 0 Å². The number of amides is 1. The SMILES string of the molecule is O=C(c1ccc(Cl)o1)N1CCCC2(C1)OCCO2. The van der Waals surface area contributed by atoms with Gasteiger partial charge in [-0.25, -0.2) is 0 Å². The van der Waals surface area contributed by atoms with E-state index >= 15 is 0 Å². The van der Waals surface area contributed by atoms with E-state index in [0.717, 1.165) is 12.8 Å². The Labute approximate surface area is 110 Å². The number of halogens is 1. The minimum absolute atomic E-state index is 0.167. The van der Waals surface area contributed by atoms with Crippen LogP contribution in [0, 0.1) is 0 Å². The van der Waals surface area contributed by atoms with Crippen molar-refractivity contribution in [1.82, 2.24) is 4.90 Å². The summed E-state index contributed by atoms with van der Waals surface area (Å²) in [6.45, 7) is 2.32. The van der Waals surface area contributed by atoms with E-state index in [1.165, 1.54) is 0 Å². The number of ether oxygens (including phenoxy) is 2. The molecule has 2 fully saturated rings. The lowest BCUT2D eigenvalue weighted by molar-refractivity contribution is -0.183. The van der Waals surface area contributed by atoms with E-state index < -0.39 is 5.79 Å². The third kappa shape index (κ3) is 2.13. The molecule has 3 rings (SSSR count). The molecule has 0 unspecified atom stereocenters. The van der Waals surface area contributed by atoms with Crippen LogP contribution < -0.4 is 0 Å². The molecule has 98 valence electrons. The van der Waals surface area contributed by atoms with Crippen molar-refractivity contribution >= 4 is 17.5 Å². The van der Waals surface area contributed by atoms with Crippen LogP contribution in [0.2, 0.25) is 5.22 Å². The summed E-state index contributed by atoms with van der Waals surface area (Å²) in [5.41, 5.74) is 0. The highest BCUT2D eigenvalue weighted by atomic mass is 35.5. The lowest BCUT2D eigenvalue weighted by Crippen LogP contribution is -2.50. The van der Waals surface area contributed by atoms with Gasteiger partial charge < -0.3 is 18.8 Å². The maximum atomic E-state index is 12.2. The maximum absolute atomic E-state index is 12.2. The molecule has 0 radical (unpaired) electrons. The molecule has 0 aliphatic carbocycles. The average molecular weight is 272 g/mol. The molecule has 6 heteroatoms. The smallest absolute Gasteiger partial charge is 0.289 e. The van der Waals surface area contributed by atoms with Crippen LogP contribution in [0.4, 0.5) is 0 Å². The second kappa shape index (κ2) is 4.57. The van der Waals surface area contributed by atoms with Gasteiger partial charge in [0.25, 0.3) is 5.91 Å². The Morgan fingerprint density at radius 3 is 2.78 bits per heavy atom. The van der Waals surface area contributed by atoms with Gasteiger partial charge in [-0.2, -0.15) is 0 Å². The van der Waals surface area contributed by atoms with Gasteiger partial charge in [0.1, 0.15) is 0 Å². The molecule has 0 saturated carbocycles. The molecule has 2 aliphatic heterocycles. The predicted molar refractivity (Wildman–Crippen MR) is 63.5 cm³/mol. The van der Waals surface area contributed by atoms with Crippen LogP contribution >= 0.6 is 11.6 Å². The first kappa shape index (κ1) is 12.0. The fourth-order valence-corrected chi connectivity index (χ4v) is 2.63. The normalized spacial score (nSPS) is 22.6. The van der Waals surface area contributed by atoms with Gasteiger partial charge >= 0.3 is 0 Å². The minimum Gasteiger partial charge on any atom is -0.440 e. The number of carbonyl (C=O) groups excluding carboxylic acids is 1. The minimum atomic E-state index is -0.607. The summed E-state index contributed by atoms with van der Waals surface area (Å²) in [7, 11) is 0. The molecule has 0 bridgehead atoms. The molecule has 2 saturated heterocycles. The Morgan fingerprint density at radius 2 is 2.11 bits per heavy atom. The van der Waals surface area contributed by atoms with Crippen molar-refractivity contribution in [2.75, 3.05) is 26.3 Å². The molecule has 0 aromatic carbocycles. The first-order chi connectivity index (χ1) is 8.69. The molecule has 18 heavy (non-hydrogen) atoms. The second-order valence-electron chi connectivity index (χ2n) is 4.54. The van der Waals surface area contributed by atoms with E-state index in [4.69, 9.17) is 25.5 Å². The van der Waals surface area contributed by atoms with Crippen molar-refractivity contribution < 1.29 is 18.7 Å². The van der Waals surface area contributed by atoms with Crippen molar-refractivity contribution in [2.45, 2.75) is 18.6 Å². The zero-order valence-electron chi connectivity index (χ0n) is 9.86. The topological polar surface area (TPSA) is 51.9 Å². The van der Waals surface area contributed by atoms with E-state index in [1.54, 1.807) is 17.0 Å². The average Bonchev–Trinajstić information content (AvgIpc) is 2.98. The van der Waals surface area contributed by atoms with Crippen LogP contribution in [-0.4, -0.2) is 42.9 Å². The van der Waals surface area contributed by atoms with Gasteiger partial charge in [-0.15, -0.1) is 0 Å². The number of carbonyl (C=O) groups is 1. The molecule has 0 atom stereocenters. The summed E-state index contributed by atoms with van der Waals surface area (Å²) < 4.78 is 16.4. The van der Waals surface area contributed by atoms with E-state index in [9.17, 15) is 4.79 Å². The number of likely N-dealkylation sites (tertiary alicyclic amines) is 1. The Hall–Kier alpha value is -1.04. The summed E-state index contributed by atoms with van der Waals surface area (Å²) in [4.78, 5) is 13.9. The molecular formula is C12H14ClNO4. The largest absolute Gasteiger partial charge is 0.440 e. The zero-order chi connectivity index (χ0) is 12.6. The van der Waals surface area contributed by atoms with Gasteiger partial charge in [-0.05, 0) is 30.2 Å². The molecule has 1 amide bonds. The van der Waals surface area contributed by atoms with Gasteiger partial charge in [0.2, 0.25) is 0 Å². The number of rotatable bonds is 1. The van der Waals surface area contributed by atoms with E-state index in [0.29, 0.717) is 26.3 Å². The third-order valence-corrected chi connectivity index (χ3v) is 3.51. The molecule has 1 aromatic heterocycles. The Bertz CT molecular complexity index is 453. The van der Waals surface area contributed by atoms with Gasteiger partial charge in [0.15, 0.2) is 16.8 Å². The van der Waals surface area contributed by atoms with Crippen molar-refractivity contribution in [3.05, 3.63) is 23.1 Å². The first-order valence-electron chi connectivity index (χ1n) is 6.01. The highest BCUT2D eigenvalue weighted by Crippen LogP contribution is 2.31. The van der Waals surface area contributed by atoms with Crippen LogP contribution in [0.25, 0.3) is 0 Å². The van der Waals surface area contributed by atoms with E-state index in [-0.39, 0.29) is 16.9 Å². The lowest BCUT2D eigenvalue weighted by Gasteiger charge is -2.38. The predicted octanol–water partition coefficient (Wildman–Crippen LogP) is 1.91. The summed E-state index contributed by atoms with van der Waals surface area (Å²) >= 11 is 5.68. The molecule has 1 spiro atoms. The standard InChI is InChI=1S/C12H14ClNO4/c13-10-3-2-9(18-10)11(15)14-5-1-4-12(8-14)16-6-7-17-12/h2-3H,1,4-8H2. The molecule has 1 aromatic rings. The Morgan fingerprint density at radius 1 is 1.33 bits per heavy atom. The monoisotopic (exact) mass is 271 g/mol. The maximum Gasteiger partial charge on any atom is 0.289 e. The van der Waals surface area contributed by atoms with Crippen LogP contribution in [-0.2, 0) is 9.47 Å². The molecule has 2 aliphatic rings. The number of piperidine rings is 1. The van der Waals surface area contributed by atoms with Crippen LogP contribution in [0.5, 0.6) is 0 Å². The molecular weight excluding hydrogens is 258 g/mol. The molecule has 5 nitrogen and oxygen atoms in total. The Balaban J connectivity index is 1.74. The fourth-order valence-electron chi connectivity index (χ4n) is 2.48.